The fourth-order valence-corrected chi connectivity index (χ4v) is 1.59. The first-order valence-corrected chi connectivity index (χ1v) is 5.90. The lowest BCUT2D eigenvalue weighted by atomic mass is 10.1. The van der Waals surface area contributed by atoms with Crippen LogP contribution in [0.1, 0.15) is 23.7 Å². The van der Waals surface area contributed by atoms with Crippen molar-refractivity contribution in [1.29, 1.82) is 0 Å². The second-order valence-corrected chi connectivity index (χ2v) is 4.20. The van der Waals surface area contributed by atoms with E-state index in [2.05, 4.69) is 20.7 Å². The molecular weight excluding hydrogens is 288 g/mol. The minimum atomic E-state index is -0.484. The van der Waals surface area contributed by atoms with Gasteiger partial charge in [0.15, 0.2) is 12.4 Å². The molecule has 1 aromatic rings. The smallest absolute Gasteiger partial charge is 0.343 e. The maximum Gasteiger partial charge on any atom is 0.343 e. The van der Waals surface area contributed by atoms with Crippen LogP contribution in [0.15, 0.2) is 22.7 Å². The summed E-state index contributed by atoms with van der Waals surface area (Å²) in [5.74, 6) is -0.126. The fourth-order valence-electron chi connectivity index (χ4n) is 1.23. The van der Waals surface area contributed by atoms with E-state index < -0.39 is 5.97 Å². The maximum atomic E-state index is 11.7. The molecule has 0 aliphatic heterocycles. The van der Waals surface area contributed by atoms with Crippen LogP contribution in [0.25, 0.3) is 0 Å². The number of ketones is 1. The zero-order valence-electron chi connectivity index (χ0n) is 9.66. The number of halogens is 1. The Balaban J connectivity index is 2.90. The van der Waals surface area contributed by atoms with Crippen LogP contribution < -0.4 is 4.74 Å². The third kappa shape index (κ3) is 3.85. The number of rotatable bonds is 5. The van der Waals surface area contributed by atoms with E-state index in [0.717, 1.165) is 4.47 Å². The van der Waals surface area contributed by atoms with Gasteiger partial charge in [-0.15, -0.1) is 0 Å². The van der Waals surface area contributed by atoms with Crippen LogP contribution in [0.2, 0.25) is 0 Å². The molecule has 1 aromatic carbocycles. The molecule has 0 aliphatic carbocycles. The Hall–Kier alpha value is -1.36. The summed E-state index contributed by atoms with van der Waals surface area (Å²) < 4.78 is 10.5. The first-order chi connectivity index (χ1) is 8.08. The zero-order chi connectivity index (χ0) is 12.8. The summed E-state index contributed by atoms with van der Waals surface area (Å²) in [6.45, 7) is 1.56. The third-order valence-electron chi connectivity index (χ3n) is 2.14. The quantitative estimate of drug-likeness (QED) is 0.619. The second kappa shape index (κ2) is 6.39. The molecular formula is C12H13BrO4. The highest BCUT2D eigenvalue weighted by molar-refractivity contribution is 9.10. The summed E-state index contributed by atoms with van der Waals surface area (Å²) in [5.41, 5.74) is 0.464. The average molecular weight is 301 g/mol. The Morgan fingerprint density at radius 1 is 1.35 bits per heavy atom. The normalized spacial score (nSPS) is 9.82. The summed E-state index contributed by atoms with van der Waals surface area (Å²) >= 11 is 3.29. The van der Waals surface area contributed by atoms with E-state index in [1.54, 1.807) is 25.1 Å². The number of carbonyl (C=O) groups is 2. The van der Waals surface area contributed by atoms with Gasteiger partial charge in [0.1, 0.15) is 5.75 Å². The summed E-state index contributed by atoms with van der Waals surface area (Å²) in [4.78, 5) is 22.6. The Morgan fingerprint density at radius 3 is 2.65 bits per heavy atom. The molecule has 0 saturated carbocycles. The van der Waals surface area contributed by atoms with Crippen LogP contribution in [0, 0.1) is 0 Å². The number of esters is 1. The molecule has 0 aliphatic rings. The van der Waals surface area contributed by atoms with Gasteiger partial charge >= 0.3 is 5.97 Å². The van der Waals surface area contributed by atoms with Crippen molar-refractivity contribution in [1.82, 2.24) is 0 Å². The minimum absolute atomic E-state index is 0.0360. The molecule has 0 bridgehead atoms. The number of ether oxygens (including phenoxy) is 2. The number of carbonyl (C=O) groups excluding carboxylic acids is 2. The van der Waals surface area contributed by atoms with Crippen LogP contribution in [-0.4, -0.2) is 25.5 Å². The fraction of sp³-hybridized carbons (Fsp3) is 0.333. The number of benzene rings is 1. The van der Waals surface area contributed by atoms with E-state index in [-0.39, 0.29) is 12.4 Å². The Labute approximate surface area is 108 Å². The largest absolute Gasteiger partial charge is 0.481 e. The third-order valence-corrected chi connectivity index (χ3v) is 2.63. The number of hydrogen-bond acceptors (Lipinski definition) is 4. The molecule has 0 unspecified atom stereocenters. The molecule has 5 heteroatoms. The Bertz CT molecular complexity index is 429. The average Bonchev–Trinajstić information content (AvgIpc) is 2.35. The monoisotopic (exact) mass is 300 g/mol. The Kier molecular flexibility index (Phi) is 5.15. The summed E-state index contributed by atoms with van der Waals surface area (Å²) in [7, 11) is 1.28. The van der Waals surface area contributed by atoms with Crippen molar-refractivity contribution >= 4 is 27.7 Å². The Morgan fingerprint density at radius 2 is 2.06 bits per heavy atom. The lowest BCUT2D eigenvalue weighted by molar-refractivity contribution is -0.142. The lowest BCUT2D eigenvalue weighted by Crippen LogP contribution is -2.14. The molecule has 0 heterocycles. The molecule has 17 heavy (non-hydrogen) atoms. The molecule has 4 nitrogen and oxygen atoms in total. The van der Waals surface area contributed by atoms with Gasteiger partial charge in [-0.2, -0.15) is 0 Å². The van der Waals surface area contributed by atoms with Gasteiger partial charge in [0.2, 0.25) is 0 Å². The summed E-state index contributed by atoms with van der Waals surface area (Å²) in [6.07, 6.45) is 0.380. The van der Waals surface area contributed by atoms with Crippen LogP contribution >= 0.6 is 15.9 Å². The standard InChI is InChI=1S/C12H13BrO4/c1-3-10(14)9-6-8(13)4-5-11(9)17-7-12(15)16-2/h4-6H,3,7H2,1-2H3. The molecule has 0 amide bonds. The highest BCUT2D eigenvalue weighted by Crippen LogP contribution is 2.24. The molecule has 0 fully saturated rings. The highest BCUT2D eigenvalue weighted by Gasteiger charge is 2.12. The van der Waals surface area contributed by atoms with E-state index in [0.29, 0.717) is 17.7 Å². The number of hydrogen-bond donors (Lipinski definition) is 0. The van der Waals surface area contributed by atoms with Crippen molar-refractivity contribution < 1.29 is 19.1 Å². The zero-order valence-corrected chi connectivity index (χ0v) is 11.2. The molecule has 1 rings (SSSR count). The van der Waals surface area contributed by atoms with Crippen LogP contribution in [0.4, 0.5) is 0 Å². The van der Waals surface area contributed by atoms with Gasteiger partial charge in [0.25, 0.3) is 0 Å². The SMILES string of the molecule is CCC(=O)c1cc(Br)ccc1OCC(=O)OC. The molecule has 0 radical (unpaired) electrons. The first-order valence-electron chi connectivity index (χ1n) is 5.10. The first kappa shape index (κ1) is 13.7. The van der Waals surface area contributed by atoms with E-state index >= 15 is 0 Å². The van der Waals surface area contributed by atoms with Crippen LogP contribution in [0.3, 0.4) is 0 Å². The topological polar surface area (TPSA) is 52.6 Å². The molecule has 0 spiro atoms. The summed E-state index contributed by atoms with van der Waals surface area (Å²) in [5, 5.41) is 0. The van der Waals surface area contributed by atoms with E-state index in [9.17, 15) is 9.59 Å². The predicted molar refractivity (Wildman–Crippen MR) is 66.3 cm³/mol. The van der Waals surface area contributed by atoms with Gasteiger partial charge < -0.3 is 9.47 Å². The lowest BCUT2D eigenvalue weighted by Gasteiger charge is -2.09. The van der Waals surface area contributed by atoms with Gasteiger partial charge in [0, 0.05) is 10.9 Å². The molecule has 0 N–H and O–H groups in total. The second-order valence-electron chi connectivity index (χ2n) is 3.28. The van der Waals surface area contributed by atoms with Gasteiger partial charge in [-0.3, -0.25) is 4.79 Å². The highest BCUT2D eigenvalue weighted by atomic mass is 79.9. The molecule has 0 saturated heterocycles. The van der Waals surface area contributed by atoms with Gasteiger partial charge in [-0.05, 0) is 18.2 Å². The van der Waals surface area contributed by atoms with Crippen molar-refractivity contribution in [2.24, 2.45) is 0 Å². The number of methoxy groups -OCH3 is 1. The predicted octanol–water partition coefficient (Wildman–Crippen LogP) is 2.59. The minimum Gasteiger partial charge on any atom is -0.481 e. The molecule has 0 aromatic heterocycles. The van der Waals surface area contributed by atoms with Crippen LogP contribution in [-0.2, 0) is 9.53 Å². The van der Waals surface area contributed by atoms with Gasteiger partial charge in [0.05, 0.1) is 12.7 Å². The van der Waals surface area contributed by atoms with Crippen molar-refractivity contribution in [3.8, 4) is 5.75 Å². The number of Topliss-reactive ketones (excluding diaryl/α,β-unsaturated/α-hetero) is 1. The van der Waals surface area contributed by atoms with Crippen molar-refractivity contribution in [2.45, 2.75) is 13.3 Å². The molecule has 92 valence electrons. The van der Waals surface area contributed by atoms with Crippen molar-refractivity contribution in [2.75, 3.05) is 13.7 Å². The maximum absolute atomic E-state index is 11.7. The van der Waals surface area contributed by atoms with Crippen molar-refractivity contribution in [3.05, 3.63) is 28.2 Å². The van der Waals surface area contributed by atoms with E-state index in [4.69, 9.17) is 4.74 Å². The van der Waals surface area contributed by atoms with Gasteiger partial charge in [-0.25, -0.2) is 4.79 Å². The van der Waals surface area contributed by atoms with E-state index in [1.807, 2.05) is 0 Å². The summed E-state index contributed by atoms with van der Waals surface area (Å²) in [6, 6.07) is 5.08. The van der Waals surface area contributed by atoms with Gasteiger partial charge in [-0.1, -0.05) is 22.9 Å². The van der Waals surface area contributed by atoms with E-state index in [1.165, 1.54) is 7.11 Å². The van der Waals surface area contributed by atoms with Crippen molar-refractivity contribution in [3.63, 3.8) is 0 Å². The van der Waals surface area contributed by atoms with Crippen LogP contribution in [0.5, 0.6) is 5.75 Å². The molecule has 0 atom stereocenters.